The molecule has 68 valence electrons. The van der Waals surface area contributed by atoms with Crippen molar-refractivity contribution in [3.05, 3.63) is 0 Å². The molecule has 0 aliphatic heterocycles. The Labute approximate surface area is 93.6 Å². The molecular formula is H8AlO7PPbS. The number of hydrogen-bond donors (Lipinski definition) is 3. The zero-order chi connectivity index (χ0) is 7.71. The minimum absolute atomic E-state index is 0. The first kappa shape index (κ1) is 18.3. The molecule has 0 amide bonds. The maximum absolute atomic E-state index is 9.58. The molecule has 11 heavy (non-hydrogen) atoms. The topological polar surface area (TPSA) is 121 Å². The van der Waals surface area contributed by atoms with E-state index >= 15 is 0 Å². The van der Waals surface area contributed by atoms with Gasteiger partial charge in [-0.1, -0.05) is 0 Å². The minimum atomic E-state index is -5.13. The van der Waals surface area contributed by atoms with Gasteiger partial charge in [0.15, 0.2) is 17.4 Å². The van der Waals surface area contributed by atoms with Crippen LogP contribution in [-0.4, -0.2) is 67.4 Å². The van der Waals surface area contributed by atoms with E-state index in [2.05, 4.69) is 3.97 Å². The van der Waals surface area contributed by atoms with Gasteiger partial charge in [-0.2, -0.15) is 8.42 Å². The van der Waals surface area contributed by atoms with Crippen molar-refractivity contribution in [1.82, 2.24) is 0 Å². The third-order valence-corrected chi connectivity index (χ3v) is 1.72. The van der Waals surface area contributed by atoms with E-state index in [-0.39, 0.29) is 44.7 Å². The van der Waals surface area contributed by atoms with Crippen LogP contribution in [0.15, 0.2) is 0 Å². The van der Waals surface area contributed by atoms with Gasteiger partial charge in [0.25, 0.3) is 0 Å². The van der Waals surface area contributed by atoms with Crippen LogP contribution in [0.3, 0.4) is 0 Å². The molecule has 0 aliphatic rings. The van der Waals surface area contributed by atoms with Crippen molar-refractivity contribution in [3.8, 4) is 0 Å². The molecule has 0 aromatic carbocycles. The molecule has 0 rings (SSSR count). The summed E-state index contributed by atoms with van der Waals surface area (Å²) in [7, 11) is -10.2. The van der Waals surface area contributed by atoms with E-state index in [9.17, 15) is 13.0 Å². The van der Waals surface area contributed by atoms with Crippen molar-refractivity contribution in [2.75, 3.05) is 0 Å². The monoisotopic (exact) mass is 418 g/mol. The van der Waals surface area contributed by atoms with Crippen LogP contribution in [0.2, 0.25) is 0 Å². The van der Waals surface area contributed by atoms with Gasteiger partial charge in [0, 0.05) is 0 Å². The van der Waals surface area contributed by atoms with Gasteiger partial charge < -0.3 is 9.79 Å². The Hall–Kier alpha value is 1.47. The zero-order valence-electron chi connectivity index (χ0n) is 4.54. The van der Waals surface area contributed by atoms with Gasteiger partial charge in [-0.25, -0.2) is 4.57 Å². The molecular weight excluding hydrogens is 409 g/mol. The van der Waals surface area contributed by atoms with Crippen LogP contribution in [0, 0.1) is 0 Å². The second kappa shape index (κ2) is 6.01. The molecule has 0 unspecified atom stereocenters. The predicted octanol–water partition coefficient (Wildman–Crippen LogP) is -3.20. The van der Waals surface area contributed by atoms with E-state index in [4.69, 9.17) is 14.3 Å². The first-order valence-electron chi connectivity index (χ1n) is 1.45. The quantitative estimate of drug-likeness (QED) is 0.246. The third-order valence-electron chi connectivity index (χ3n) is 0.191. The second-order valence-corrected chi connectivity index (χ2v) is 3.43. The summed E-state index contributed by atoms with van der Waals surface area (Å²) in [5.41, 5.74) is 0. The first-order chi connectivity index (χ1) is 3.71. The molecule has 11 heteroatoms. The van der Waals surface area contributed by atoms with E-state index in [1.807, 2.05) is 0 Å². The zero-order valence-corrected chi connectivity index (χ0v) is 11.7. The van der Waals surface area contributed by atoms with Gasteiger partial charge in [0.05, 0.1) is 0 Å². The summed E-state index contributed by atoms with van der Waals surface area (Å²) in [6, 6.07) is 0. The van der Waals surface area contributed by atoms with Crippen molar-refractivity contribution in [3.63, 3.8) is 0 Å². The Morgan fingerprint density at radius 1 is 1.27 bits per heavy atom. The number of phosphoric acid groups is 1. The Morgan fingerprint density at radius 2 is 1.55 bits per heavy atom. The van der Waals surface area contributed by atoms with Crippen LogP contribution in [-0.2, 0) is 18.9 Å². The van der Waals surface area contributed by atoms with Crippen molar-refractivity contribution >= 4 is 62.9 Å². The van der Waals surface area contributed by atoms with Crippen molar-refractivity contribution < 1.29 is 31.3 Å². The van der Waals surface area contributed by atoms with E-state index in [0.717, 1.165) is 0 Å². The molecule has 0 aliphatic carbocycles. The molecule has 7 nitrogen and oxygen atoms in total. The van der Waals surface area contributed by atoms with E-state index in [0.29, 0.717) is 0 Å². The summed E-state index contributed by atoms with van der Waals surface area (Å²) in [6.45, 7) is 0. The average Bonchev–Trinajstić information content (AvgIpc) is 1.14. The molecule has 0 aromatic heterocycles. The summed E-state index contributed by atoms with van der Waals surface area (Å²) in [5.74, 6) is 0. The average molecular weight is 417 g/mol. The molecule has 0 atom stereocenters. The van der Waals surface area contributed by atoms with Crippen LogP contribution in [0.5, 0.6) is 0 Å². The number of rotatable bonds is 2. The van der Waals surface area contributed by atoms with Gasteiger partial charge in [-0.3, -0.25) is 4.55 Å². The Kier molecular flexibility index (Phi) is 9.99. The molecule has 0 spiro atoms. The molecule has 0 fully saturated rings. The Morgan fingerprint density at radius 3 is 1.55 bits per heavy atom. The molecule has 0 aromatic rings. The third kappa shape index (κ3) is 18.4. The van der Waals surface area contributed by atoms with Gasteiger partial charge in [0.1, 0.15) is 0 Å². The van der Waals surface area contributed by atoms with E-state index in [1.54, 1.807) is 0 Å². The summed E-state index contributed by atoms with van der Waals surface area (Å²) in [4.78, 5) is 15.4. The van der Waals surface area contributed by atoms with E-state index < -0.39 is 18.2 Å². The Balaban J connectivity index is -0.000000320. The summed E-state index contributed by atoms with van der Waals surface area (Å²) >= 11 is 0. The number of hydrogen-bond acceptors (Lipinski definition) is 4. The van der Waals surface area contributed by atoms with Crippen LogP contribution >= 0.6 is 7.82 Å². The SMILES string of the molecule is O=P(O)(O)OS(=O)(=O)O.[AlH3].[PbH2]. The molecule has 0 bridgehead atoms. The van der Waals surface area contributed by atoms with Crippen LogP contribution in [0.1, 0.15) is 0 Å². The fourth-order valence-corrected chi connectivity index (χ4v) is 1.10. The molecule has 0 heterocycles. The standard InChI is InChI=1S/Al.H3O7PS.Pb.5H/c;1-8(2,3)7-9(4,5)6;;;;;;/h;(H2,1,2,3)(H,4,5,6);;;;;;. The first-order valence-corrected chi connectivity index (χ1v) is 4.34. The fraction of sp³-hybridized carbons (Fsp3) is 0. The fourth-order valence-electron chi connectivity index (χ4n) is 0.123. The summed E-state index contributed by atoms with van der Waals surface area (Å²) in [6.07, 6.45) is 0. The molecule has 2 radical (unpaired) electrons. The molecule has 0 saturated carbocycles. The Bertz CT molecular complexity index is 225. The molecule has 3 N–H and O–H groups in total. The normalized spacial score (nSPS) is 11.2. The van der Waals surface area contributed by atoms with Gasteiger partial charge in [-0.05, 0) is 0 Å². The van der Waals surface area contributed by atoms with Crippen molar-refractivity contribution in [2.45, 2.75) is 0 Å². The van der Waals surface area contributed by atoms with Crippen molar-refractivity contribution in [2.24, 2.45) is 0 Å². The van der Waals surface area contributed by atoms with Gasteiger partial charge in [-0.15, -0.1) is 3.97 Å². The summed E-state index contributed by atoms with van der Waals surface area (Å²) in [5, 5.41) is 0. The predicted molar refractivity (Wildman–Crippen MR) is 43.2 cm³/mol. The van der Waals surface area contributed by atoms with Gasteiger partial charge >= 0.3 is 45.5 Å². The van der Waals surface area contributed by atoms with E-state index in [1.165, 1.54) is 0 Å². The maximum atomic E-state index is 9.58. The second-order valence-electron chi connectivity index (χ2n) is 0.993. The van der Waals surface area contributed by atoms with Crippen LogP contribution < -0.4 is 0 Å². The van der Waals surface area contributed by atoms with Crippen LogP contribution in [0.4, 0.5) is 0 Å². The van der Waals surface area contributed by atoms with Crippen molar-refractivity contribution in [1.29, 1.82) is 0 Å². The van der Waals surface area contributed by atoms with Gasteiger partial charge in [0.2, 0.25) is 0 Å². The van der Waals surface area contributed by atoms with Crippen LogP contribution in [0.25, 0.3) is 0 Å². The summed E-state index contributed by atoms with van der Waals surface area (Å²) < 4.78 is 39.0. The molecule has 0 saturated heterocycles.